The molecule has 2 rings (SSSR count). The SMILES string of the molecule is Cc1cc(Cl)nc(Cl)c1NS(=O)(=O)c1ccc(F)cc1Br. The second kappa shape index (κ2) is 6.08. The maximum atomic E-state index is 13.0. The summed E-state index contributed by atoms with van der Waals surface area (Å²) in [6.45, 7) is 1.64. The van der Waals surface area contributed by atoms with Crippen LogP contribution in [0, 0.1) is 12.7 Å². The van der Waals surface area contributed by atoms with Crippen LogP contribution in [0.1, 0.15) is 5.56 Å². The lowest BCUT2D eigenvalue weighted by Crippen LogP contribution is -2.15. The van der Waals surface area contributed by atoms with Crippen molar-refractivity contribution in [2.24, 2.45) is 0 Å². The maximum absolute atomic E-state index is 13.0. The lowest BCUT2D eigenvalue weighted by atomic mass is 10.3. The van der Waals surface area contributed by atoms with Gasteiger partial charge in [0.2, 0.25) is 0 Å². The van der Waals surface area contributed by atoms with E-state index in [1.54, 1.807) is 6.92 Å². The van der Waals surface area contributed by atoms with Gasteiger partial charge in [0.1, 0.15) is 15.9 Å². The Labute approximate surface area is 139 Å². The van der Waals surface area contributed by atoms with Crippen LogP contribution in [0.3, 0.4) is 0 Å². The minimum atomic E-state index is -3.95. The van der Waals surface area contributed by atoms with E-state index in [0.717, 1.165) is 18.2 Å². The first-order chi connectivity index (χ1) is 9.70. The number of rotatable bonds is 3. The molecule has 0 atom stereocenters. The van der Waals surface area contributed by atoms with Crippen molar-refractivity contribution >= 4 is 54.8 Å². The topological polar surface area (TPSA) is 59.1 Å². The van der Waals surface area contributed by atoms with Gasteiger partial charge in [-0.2, -0.15) is 0 Å². The molecule has 1 N–H and O–H groups in total. The Bertz CT molecular complexity index is 792. The van der Waals surface area contributed by atoms with Crippen molar-refractivity contribution in [1.82, 2.24) is 4.98 Å². The van der Waals surface area contributed by atoms with Crippen LogP contribution >= 0.6 is 39.1 Å². The predicted octanol–water partition coefficient (Wildman–Crippen LogP) is 4.40. The highest BCUT2D eigenvalue weighted by molar-refractivity contribution is 9.10. The van der Waals surface area contributed by atoms with Crippen molar-refractivity contribution in [3.05, 3.63) is 50.4 Å². The fourth-order valence-electron chi connectivity index (χ4n) is 1.60. The van der Waals surface area contributed by atoms with Crippen LogP contribution in [0.2, 0.25) is 10.3 Å². The van der Waals surface area contributed by atoms with Crippen LogP contribution in [0.5, 0.6) is 0 Å². The lowest BCUT2D eigenvalue weighted by Gasteiger charge is -2.13. The average molecular weight is 414 g/mol. The Morgan fingerprint density at radius 1 is 1.29 bits per heavy atom. The summed E-state index contributed by atoms with van der Waals surface area (Å²) in [5, 5.41) is 0.0882. The van der Waals surface area contributed by atoms with Crippen molar-refractivity contribution < 1.29 is 12.8 Å². The van der Waals surface area contributed by atoms with Gasteiger partial charge in [0.05, 0.1) is 5.69 Å². The molecule has 2 aromatic rings. The molecule has 0 aliphatic heterocycles. The number of nitrogens with zero attached hydrogens (tertiary/aromatic N) is 1. The van der Waals surface area contributed by atoms with Crippen LogP contribution in [-0.4, -0.2) is 13.4 Å². The molecule has 0 spiro atoms. The third-order valence-corrected chi connectivity index (χ3v) is 5.35. The van der Waals surface area contributed by atoms with E-state index >= 15 is 0 Å². The molecular formula is C12H8BrCl2FN2O2S. The number of aryl methyl sites for hydroxylation is 1. The van der Waals surface area contributed by atoms with Gasteiger partial charge in [-0.05, 0) is 52.7 Å². The Balaban J connectivity index is 2.47. The van der Waals surface area contributed by atoms with Crippen molar-refractivity contribution in [2.45, 2.75) is 11.8 Å². The number of anilines is 1. The van der Waals surface area contributed by atoms with E-state index in [-0.39, 0.29) is 25.4 Å². The lowest BCUT2D eigenvalue weighted by molar-refractivity contribution is 0.599. The molecule has 0 bridgehead atoms. The minimum Gasteiger partial charge on any atom is -0.276 e. The molecular weight excluding hydrogens is 406 g/mol. The summed E-state index contributed by atoms with van der Waals surface area (Å²) in [7, 11) is -3.95. The molecule has 0 aliphatic carbocycles. The molecule has 0 saturated carbocycles. The van der Waals surface area contributed by atoms with E-state index in [9.17, 15) is 12.8 Å². The number of pyridine rings is 1. The maximum Gasteiger partial charge on any atom is 0.263 e. The van der Waals surface area contributed by atoms with E-state index in [4.69, 9.17) is 23.2 Å². The smallest absolute Gasteiger partial charge is 0.263 e. The fraction of sp³-hybridized carbons (Fsp3) is 0.0833. The van der Waals surface area contributed by atoms with Gasteiger partial charge >= 0.3 is 0 Å². The third-order valence-electron chi connectivity index (χ3n) is 2.56. The number of hydrogen-bond acceptors (Lipinski definition) is 3. The molecule has 0 aliphatic rings. The van der Waals surface area contributed by atoms with Gasteiger partial charge in [-0.15, -0.1) is 0 Å². The third kappa shape index (κ3) is 3.66. The molecule has 0 radical (unpaired) electrons. The summed E-state index contributed by atoms with van der Waals surface area (Å²) in [5.74, 6) is -0.553. The molecule has 0 amide bonds. The zero-order valence-electron chi connectivity index (χ0n) is 10.5. The van der Waals surface area contributed by atoms with E-state index in [1.165, 1.54) is 6.07 Å². The van der Waals surface area contributed by atoms with Crippen LogP contribution in [0.15, 0.2) is 33.6 Å². The highest BCUT2D eigenvalue weighted by Crippen LogP contribution is 2.30. The first-order valence-corrected chi connectivity index (χ1v) is 8.54. The van der Waals surface area contributed by atoms with Crippen LogP contribution < -0.4 is 4.72 Å². The van der Waals surface area contributed by atoms with Crippen LogP contribution in [0.4, 0.5) is 10.1 Å². The van der Waals surface area contributed by atoms with Gasteiger partial charge in [-0.25, -0.2) is 17.8 Å². The van der Waals surface area contributed by atoms with Crippen molar-refractivity contribution in [1.29, 1.82) is 0 Å². The molecule has 21 heavy (non-hydrogen) atoms. The van der Waals surface area contributed by atoms with Crippen molar-refractivity contribution in [3.63, 3.8) is 0 Å². The van der Waals surface area contributed by atoms with Gasteiger partial charge in [0.15, 0.2) is 5.15 Å². The number of halogens is 4. The monoisotopic (exact) mass is 412 g/mol. The van der Waals surface area contributed by atoms with Crippen molar-refractivity contribution in [3.8, 4) is 0 Å². The summed E-state index contributed by atoms with van der Waals surface area (Å²) in [6.07, 6.45) is 0. The summed E-state index contributed by atoms with van der Waals surface area (Å²) in [5.41, 5.74) is 0.638. The Morgan fingerprint density at radius 2 is 1.95 bits per heavy atom. The summed E-state index contributed by atoms with van der Waals surface area (Å²) < 4.78 is 40.2. The molecule has 9 heteroatoms. The number of nitrogens with one attached hydrogen (secondary N) is 1. The average Bonchev–Trinajstić information content (AvgIpc) is 2.33. The summed E-state index contributed by atoms with van der Waals surface area (Å²) >= 11 is 14.6. The standard InChI is InChI=1S/C12H8BrCl2FN2O2S/c1-6-4-10(14)17-12(15)11(6)18-21(19,20)9-3-2-7(16)5-8(9)13/h2-5,18H,1H3. The summed E-state index contributed by atoms with van der Waals surface area (Å²) in [4.78, 5) is 3.66. The van der Waals surface area contributed by atoms with Gasteiger partial charge < -0.3 is 0 Å². The van der Waals surface area contributed by atoms with Crippen LogP contribution in [0.25, 0.3) is 0 Å². The first-order valence-electron chi connectivity index (χ1n) is 5.51. The molecule has 1 heterocycles. The van der Waals surface area contributed by atoms with E-state index < -0.39 is 15.8 Å². The quantitative estimate of drug-likeness (QED) is 0.758. The summed E-state index contributed by atoms with van der Waals surface area (Å²) in [6, 6.07) is 4.73. The Morgan fingerprint density at radius 3 is 2.52 bits per heavy atom. The van der Waals surface area contributed by atoms with E-state index in [1.807, 2.05) is 0 Å². The molecule has 0 saturated heterocycles. The second-order valence-electron chi connectivity index (χ2n) is 4.11. The van der Waals surface area contributed by atoms with Gasteiger partial charge in [0.25, 0.3) is 10.0 Å². The van der Waals surface area contributed by atoms with Gasteiger partial charge in [-0.3, -0.25) is 4.72 Å². The molecule has 112 valence electrons. The predicted molar refractivity (Wildman–Crippen MR) is 83.9 cm³/mol. The number of benzene rings is 1. The van der Waals surface area contributed by atoms with Gasteiger partial charge in [-0.1, -0.05) is 23.2 Å². The van der Waals surface area contributed by atoms with E-state index in [2.05, 4.69) is 25.6 Å². The molecule has 0 fully saturated rings. The number of aromatic nitrogens is 1. The molecule has 0 unspecified atom stereocenters. The molecule has 1 aromatic carbocycles. The zero-order valence-corrected chi connectivity index (χ0v) is 14.4. The Hall–Kier alpha value is -0.890. The normalized spacial score (nSPS) is 11.5. The zero-order chi connectivity index (χ0) is 15.8. The highest BCUT2D eigenvalue weighted by Gasteiger charge is 2.21. The Kier molecular flexibility index (Phi) is 4.77. The molecule has 1 aromatic heterocycles. The van der Waals surface area contributed by atoms with Crippen molar-refractivity contribution in [2.75, 3.05) is 4.72 Å². The highest BCUT2D eigenvalue weighted by atomic mass is 79.9. The largest absolute Gasteiger partial charge is 0.276 e. The molecule has 4 nitrogen and oxygen atoms in total. The second-order valence-corrected chi connectivity index (χ2v) is 7.36. The van der Waals surface area contributed by atoms with Crippen LogP contribution in [-0.2, 0) is 10.0 Å². The van der Waals surface area contributed by atoms with E-state index in [0.29, 0.717) is 5.56 Å². The first kappa shape index (κ1) is 16.5. The number of sulfonamides is 1. The van der Waals surface area contributed by atoms with Gasteiger partial charge in [0, 0.05) is 4.47 Å². The fourth-order valence-corrected chi connectivity index (χ4v) is 4.42. The number of hydrogen-bond donors (Lipinski definition) is 1. The minimum absolute atomic E-state index is 0.0678.